The van der Waals surface area contributed by atoms with Gasteiger partial charge in [0.1, 0.15) is 5.82 Å². The summed E-state index contributed by atoms with van der Waals surface area (Å²) in [6, 6.07) is 11.7. The molecule has 0 radical (unpaired) electrons. The Morgan fingerprint density at radius 2 is 1.68 bits per heavy atom. The second-order valence-electron chi connectivity index (χ2n) is 4.41. The standard InChI is InChI=1S/C15H12FN3/c1-9-15(10-2-4-11(16)5-3-10)19-14-8-12(17)6-7-13(14)18-9/h2-8H,17H2,1H3. The van der Waals surface area contributed by atoms with Crippen LogP contribution in [0.15, 0.2) is 42.5 Å². The Bertz CT molecular complexity index is 751. The SMILES string of the molecule is Cc1nc2ccc(N)cc2nc1-c1ccc(F)cc1. The fraction of sp³-hybridized carbons (Fsp3) is 0.0667. The first kappa shape index (κ1) is 11.6. The van der Waals surface area contributed by atoms with Crippen molar-refractivity contribution in [2.24, 2.45) is 0 Å². The summed E-state index contributed by atoms with van der Waals surface area (Å²) in [5.74, 6) is -0.264. The van der Waals surface area contributed by atoms with E-state index in [1.165, 1.54) is 12.1 Å². The number of aromatic nitrogens is 2. The predicted molar refractivity (Wildman–Crippen MR) is 74.1 cm³/mol. The lowest BCUT2D eigenvalue weighted by Crippen LogP contribution is -1.95. The Hall–Kier alpha value is -2.49. The minimum Gasteiger partial charge on any atom is -0.399 e. The van der Waals surface area contributed by atoms with Crippen LogP contribution >= 0.6 is 0 Å². The minimum absolute atomic E-state index is 0.264. The number of anilines is 1. The van der Waals surface area contributed by atoms with E-state index in [0.717, 1.165) is 28.0 Å². The van der Waals surface area contributed by atoms with Gasteiger partial charge in [0.05, 0.1) is 22.4 Å². The zero-order valence-electron chi connectivity index (χ0n) is 10.4. The predicted octanol–water partition coefficient (Wildman–Crippen LogP) is 3.33. The summed E-state index contributed by atoms with van der Waals surface area (Å²) < 4.78 is 13.0. The molecule has 2 N–H and O–H groups in total. The Kier molecular flexibility index (Phi) is 2.63. The molecular weight excluding hydrogens is 241 g/mol. The summed E-state index contributed by atoms with van der Waals surface area (Å²) >= 11 is 0. The maximum Gasteiger partial charge on any atom is 0.123 e. The summed E-state index contributed by atoms with van der Waals surface area (Å²) in [6.07, 6.45) is 0. The fourth-order valence-corrected chi connectivity index (χ4v) is 2.04. The zero-order valence-corrected chi connectivity index (χ0v) is 10.4. The summed E-state index contributed by atoms with van der Waals surface area (Å²) in [5, 5.41) is 0. The van der Waals surface area contributed by atoms with E-state index in [4.69, 9.17) is 5.73 Å². The van der Waals surface area contributed by atoms with Gasteiger partial charge in [-0.25, -0.2) is 14.4 Å². The maximum atomic E-state index is 13.0. The lowest BCUT2D eigenvalue weighted by Gasteiger charge is -2.07. The van der Waals surface area contributed by atoms with E-state index in [1.54, 1.807) is 24.3 Å². The van der Waals surface area contributed by atoms with Gasteiger partial charge in [-0.3, -0.25) is 0 Å². The van der Waals surface area contributed by atoms with Crippen LogP contribution in [-0.2, 0) is 0 Å². The molecule has 2 aromatic carbocycles. The highest BCUT2D eigenvalue weighted by Crippen LogP contribution is 2.24. The number of nitrogens with zero attached hydrogens (tertiary/aromatic N) is 2. The minimum atomic E-state index is -0.264. The molecule has 0 bridgehead atoms. The first-order chi connectivity index (χ1) is 9.13. The van der Waals surface area contributed by atoms with Crippen LogP contribution in [0.3, 0.4) is 0 Å². The Balaban J connectivity index is 2.23. The van der Waals surface area contributed by atoms with E-state index in [0.29, 0.717) is 5.69 Å². The van der Waals surface area contributed by atoms with Gasteiger partial charge in [0, 0.05) is 11.3 Å². The molecule has 0 spiro atoms. The van der Waals surface area contributed by atoms with Gasteiger partial charge in [0.15, 0.2) is 0 Å². The molecular formula is C15H12FN3. The third-order valence-corrected chi connectivity index (χ3v) is 2.98. The molecule has 0 fully saturated rings. The van der Waals surface area contributed by atoms with Crippen LogP contribution in [0, 0.1) is 12.7 Å². The highest BCUT2D eigenvalue weighted by Gasteiger charge is 2.08. The monoisotopic (exact) mass is 253 g/mol. The van der Waals surface area contributed by atoms with Crippen LogP contribution in [0.25, 0.3) is 22.3 Å². The smallest absolute Gasteiger partial charge is 0.123 e. The average molecular weight is 253 g/mol. The highest BCUT2D eigenvalue weighted by atomic mass is 19.1. The van der Waals surface area contributed by atoms with Crippen LogP contribution in [0.2, 0.25) is 0 Å². The summed E-state index contributed by atoms with van der Waals surface area (Å²) in [7, 11) is 0. The topological polar surface area (TPSA) is 51.8 Å². The van der Waals surface area contributed by atoms with Gasteiger partial charge in [0.2, 0.25) is 0 Å². The van der Waals surface area contributed by atoms with Crippen molar-refractivity contribution in [3.8, 4) is 11.3 Å². The molecule has 3 rings (SSSR count). The van der Waals surface area contributed by atoms with Crippen LogP contribution < -0.4 is 5.73 Å². The van der Waals surface area contributed by atoms with E-state index in [1.807, 2.05) is 13.0 Å². The summed E-state index contributed by atoms with van der Waals surface area (Å²) in [4.78, 5) is 9.07. The molecule has 1 aromatic heterocycles. The van der Waals surface area contributed by atoms with E-state index in [9.17, 15) is 4.39 Å². The molecule has 1 heterocycles. The summed E-state index contributed by atoms with van der Waals surface area (Å²) in [5.41, 5.74) is 10.3. The molecule has 3 aromatic rings. The van der Waals surface area contributed by atoms with E-state index < -0.39 is 0 Å². The van der Waals surface area contributed by atoms with Crippen molar-refractivity contribution in [3.05, 3.63) is 54.0 Å². The largest absolute Gasteiger partial charge is 0.399 e. The van der Waals surface area contributed by atoms with Crippen molar-refractivity contribution in [2.75, 3.05) is 5.73 Å². The number of aryl methyl sites for hydroxylation is 1. The summed E-state index contributed by atoms with van der Waals surface area (Å²) in [6.45, 7) is 1.89. The van der Waals surface area contributed by atoms with Gasteiger partial charge in [-0.15, -0.1) is 0 Å². The first-order valence-electron chi connectivity index (χ1n) is 5.93. The zero-order chi connectivity index (χ0) is 13.4. The van der Waals surface area contributed by atoms with Crippen molar-refractivity contribution in [2.45, 2.75) is 6.92 Å². The molecule has 19 heavy (non-hydrogen) atoms. The molecule has 0 saturated heterocycles. The highest BCUT2D eigenvalue weighted by molar-refractivity contribution is 5.81. The fourth-order valence-electron chi connectivity index (χ4n) is 2.04. The second-order valence-corrected chi connectivity index (χ2v) is 4.41. The van der Waals surface area contributed by atoms with Crippen LogP contribution in [0.5, 0.6) is 0 Å². The van der Waals surface area contributed by atoms with Crippen LogP contribution in [0.4, 0.5) is 10.1 Å². The van der Waals surface area contributed by atoms with E-state index in [-0.39, 0.29) is 5.82 Å². The molecule has 0 unspecified atom stereocenters. The van der Waals surface area contributed by atoms with Crippen molar-refractivity contribution in [1.29, 1.82) is 0 Å². The van der Waals surface area contributed by atoms with Crippen LogP contribution in [0.1, 0.15) is 5.69 Å². The number of nitrogen functional groups attached to an aromatic ring is 1. The Labute approximate surface area is 109 Å². The van der Waals surface area contributed by atoms with Crippen molar-refractivity contribution >= 4 is 16.7 Å². The van der Waals surface area contributed by atoms with Gasteiger partial charge in [0.25, 0.3) is 0 Å². The molecule has 3 nitrogen and oxygen atoms in total. The third-order valence-electron chi connectivity index (χ3n) is 2.98. The molecule has 0 atom stereocenters. The average Bonchev–Trinajstić information content (AvgIpc) is 2.40. The molecule has 0 aliphatic heterocycles. The van der Waals surface area contributed by atoms with Gasteiger partial charge in [-0.05, 0) is 49.4 Å². The van der Waals surface area contributed by atoms with Gasteiger partial charge < -0.3 is 5.73 Å². The molecule has 94 valence electrons. The molecule has 0 aliphatic carbocycles. The van der Waals surface area contributed by atoms with Crippen LogP contribution in [-0.4, -0.2) is 9.97 Å². The van der Waals surface area contributed by atoms with E-state index in [2.05, 4.69) is 9.97 Å². The first-order valence-corrected chi connectivity index (χ1v) is 5.93. The normalized spacial score (nSPS) is 10.8. The quantitative estimate of drug-likeness (QED) is 0.677. The van der Waals surface area contributed by atoms with Gasteiger partial charge in [-0.1, -0.05) is 0 Å². The van der Waals surface area contributed by atoms with Crippen molar-refractivity contribution in [3.63, 3.8) is 0 Å². The Morgan fingerprint density at radius 3 is 2.42 bits per heavy atom. The molecule has 4 heteroatoms. The lowest BCUT2D eigenvalue weighted by atomic mass is 10.1. The molecule has 0 amide bonds. The lowest BCUT2D eigenvalue weighted by molar-refractivity contribution is 0.628. The number of rotatable bonds is 1. The Morgan fingerprint density at radius 1 is 0.947 bits per heavy atom. The van der Waals surface area contributed by atoms with Crippen molar-refractivity contribution in [1.82, 2.24) is 9.97 Å². The second kappa shape index (κ2) is 4.31. The van der Waals surface area contributed by atoms with Gasteiger partial charge >= 0.3 is 0 Å². The molecule has 0 aliphatic rings. The maximum absolute atomic E-state index is 13.0. The van der Waals surface area contributed by atoms with E-state index >= 15 is 0 Å². The number of hydrogen-bond acceptors (Lipinski definition) is 3. The van der Waals surface area contributed by atoms with Crippen molar-refractivity contribution < 1.29 is 4.39 Å². The number of hydrogen-bond donors (Lipinski definition) is 1. The number of halogens is 1. The van der Waals surface area contributed by atoms with Gasteiger partial charge in [-0.2, -0.15) is 0 Å². The number of benzene rings is 2. The number of nitrogens with two attached hydrogens (primary N) is 1. The molecule has 0 saturated carbocycles. The third kappa shape index (κ3) is 2.12. The number of fused-ring (bicyclic) bond motifs is 1.